The fraction of sp³-hybridized carbons (Fsp3) is 0.462. The second kappa shape index (κ2) is 7.22. The van der Waals surface area contributed by atoms with E-state index in [0.29, 0.717) is 10.0 Å². The van der Waals surface area contributed by atoms with Gasteiger partial charge in [-0.2, -0.15) is 0 Å². The Labute approximate surface area is 126 Å². The molecule has 2 unspecified atom stereocenters. The van der Waals surface area contributed by atoms with Gasteiger partial charge in [-0.05, 0) is 60.4 Å². The lowest BCUT2D eigenvalue weighted by Crippen LogP contribution is -2.51. The van der Waals surface area contributed by atoms with Crippen molar-refractivity contribution in [1.29, 1.82) is 0 Å². The molecule has 19 heavy (non-hydrogen) atoms. The van der Waals surface area contributed by atoms with Crippen molar-refractivity contribution < 1.29 is 9.18 Å². The highest BCUT2D eigenvalue weighted by atomic mass is 79.9. The molecule has 1 aromatic rings. The Balaban J connectivity index is 0.00000180. The highest BCUT2D eigenvalue weighted by Gasteiger charge is 2.23. The molecule has 3 nitrogen and oxygen atoms in total. The number of carbonyl (C=O) groups is 1. The monoisotopic (exact) mass is 350 g/mol. The van der Waals surface area contributed by atoms with E-state index >= 15 is 0 Å². The second-order valence-electron chi connectivity index (χ2n) is 4.59. The quantitative estimate of drug-likeness (QED) is 0.860. The number of amides is 1. The molecular weight excluding hydrogens is 335 g/mol. The van der Waals surface area contributed by atoms with Crippen molar-refractivity contribution in [3.63, 3.8) is 0 Å². The van der Waals surface area contributed by atoms with Crippen LogP contribution in [0.15, 0.2) is 22.7 Å². The summed E-state index contributed by atoms with van der Waals surface area (Å²) in [6.07, 6.45) is 2.00. The summed E-state index contributed by atoms with van der Waals surface area (Å²) in [5.74, 6) is -0.639. The SMILES string of the molecule is CC1NCCCC1NC(=O)c1ccc(Br)c(F)c1.Cl. The van der Waals surface area contributed by atoms with Crippen LogP contribution in [0.25, 0.3) is 0 Å². The van der Waals surface area contributed by atoms with E-state index in [1.807, 2.05) is 6.92 Å². The largest absolute Gasteiger partial charge is 0.348 e. The van der Waals surface area contributed by atoms with Crippen LogP contribution in [0, 0.1) is 5.82 Å². The van der Waals surface area contributed by atoms with E-state index in [0.717, 1.165) is 19.4 Å². The molecule has 0 aromatic heterocycles. The van der Waals surface area contributed by atoms with Crippen molar-refractivity contribution in [3.05, 3.63) is 34.1 Å². The van der Waals surface area contributed by atoms with E-state index in [2.05, 4.69) is 26.6 Å². The van der Waals surface area contributed by atoms with Gasteiger partial charge in [-0.1, -0.05) is 0 Å². The molecular formula is C13H17BrClFN2O. The minimum Gasteiger partial charge on any atom is -0.348 e. The smallest absolute Gasteiger partial charge is 0.251 e. The summed E-state index contributed by atoms with van der Waals surface area (Å²) in [5.41, 5.74) is 0.355. The Kier molecular flexibility index (Phi) is 6.23. The van der Waals surface area contributed by atoms with Crippen LogP contribution in [0.1, 0.15) is 30.1 Å². The van der Waals surface area contributed by atoms with Crippen LogP contribution in [-0.2, 0) is 0 Å². The maximum Gasteiger partial charge on any atom is 0.251 e. The molecule has 0 spiro atoms. The molecule has 106 valence electrons. The predicted octanol–water partition coefficient (Wildman–Crippen LogP) is 2.88. The number of carbonyl (C=O) groups excluding carboxylic acids is 1. The summed E-state index contributed by atoms with van der Waals surface area (Å²) in [4.78, 5) is 12.0. The Hall–Kier alpha value is -0.650. The van der Waals surface area contributed by atoms with Gasteiger partial charge in [0.05, 0.1) is 4.47 Å². The number of halogens is 3. The van der Waals surface area contributed by atoms with Crippen LogP contribution in [0.2, 0.25) is 0 Å². The molecule has 1 aromatic carbocycles. The van der Waals surface area contributed by atoms with Gasteiger partial charge in [0, 0.05) is 17.6 Å². The lowest BCUT2D eigenvalue weighted by Gasteiger charge is -2.30. The molecule has 0 saturated carbocycles. The van der Waals surface area contributed by atoms with Crippen LogP contribution < -0.4 is 10.6 Å². The zero-order chi connectivity index (χ0) is 13.1. The lowest BCUT2D eigenvalue weighted by atomic mass is 9.99. The maximum atomic E-state index is 13.4. The lowest BCUT2D eigenvalue weighted by molar-refractivity contribution is 0.0919. The van der Waals surface area contributed by atoms with Crippen LogP contribution in [0.3, 0.4) is 0 Å². The second-order valence-corrected chi connectivity index (χ2v) is 5.45. The number of piperidine rings is 1. The van der Waals surface area contributed by atoms with Crippen molar-refractivity contribution in [2.24, 2.45) is 0 Å². The Morgan fingerprint density at radius 1 is 1.53 bits per heavy atom. The molecule has 1 aliphatic heterocycles. The maximum absolute atomic E-state index is 13.4. The van der Waals surface area contributed by atoms with Crippen LogP contribution in [-0.4, -0.2) is 24.5 Å². The normalized spacial score (nSPS) is 22.5. The van der Waals surface area contributed by atoms with Gasteiger partial charge in [0.1, 0.15) is 5.82 Å². The molecule has 0 aliphatic carbocycles. The van der Waals surface area contributed by atoms with Crippen molar-refractivity contribution in [3.8, 4) is 0 Å². The summed E-state index contributed by atoms with van der Waals surface area (Å²) in [6.45, 7) is 3.03. The zero-order valence-corrected chi connectivity index (χ0v) is 13.0. The molecule has 2 N–H and O–H groups in total. The first-order chi connectivity index (χ1) is 8.58. The van der Waals surface area contributed by atoms with Gasteiger partial charge in [-0.25, -0.2) is 4.39 Å². The minimum atomic E-state index is -0.419. The minimum absolute atomic E-state index is 0. The zero-order valence-electron chi connectivity index (χ0n) is 10.6. The molecule has 2 atom stereocenters. The summed E-state index contributed by atoms with van der Waals surface area (Å²) in [7, 11) is 0. The third-order valence-corrected chi connectivity index (χ3v) is 3.90. The Bertz CT molecular complexity index is 458. The van der Waals surface area contributed by atoms with Gasteiger partial charge in [-0.15, -0.1) is 12.4 Å². The third-order valence-electron chi connectivity index (χ3n) is 3.26. The molecule has 2 rings (SSSR count). The molecule has 1 aliphatic rings. The van der Waals surface area contributed by atoms with Gasteiger partial charge < -0.3 is 10.6 Å². The summed E-state index contributed by atoms with van der Waals surface area (Å²) in [6, 6.07) is 4.78. The molecule has 1 fully saturated rings. The summed E-state index contributed by atoms with van der Waals surface area (Å²) in [5, 5.41) is 6.26. The highest BCUT2D eigenvalue weighted by Crippen LogP contribution is 2.17. The fourth-order valence-electron chi connectivity index (χ4n) is 2.13. The van der Waals surface area contributed by atoms with Crippen LogP contribution in [0.4, 0.5) is 4.39 Å². The highest BCUT2D eigenvalue weighted by molar-refractivity contribution is 9.10. The van der Waals surface area contributed by atoms with Crippen molar-refractivity contribution >= 4 is 34.2 Å². The van der Waals surface area contributed by atoms with Gasteiger partial charge in [0.25, 0.3) is 5.91 Å². The predicted molar refractivity (Wildman–Crippen MR) is 79.3 cm³/mol. The Morgan fingerprint density at radius 3 is 2.89 bits per heavy atom. The summed E-state index contributed by atoms with van der Waals surface area (Å²) >= 11 is 3.07. The van der Waals surface area contributed by atoms with Gasteiger partial charge >= 0.3 is 0 Å². The third kappa shape index (κ3) is 4.16. The van der Waals surface area contributed by atoms with Crippen molar-refractivity contribution in [2.75, 3.05) is 6.54 Å². The topological polar surface area (TPSA) is 41.1 Å². The van der Waals surface area contributed by atoms with Gasteiger partial charge in [0.2, 0.25) is 0 Å². The van der Waals surface area contributed by atoms with Crippen LogP contribution >= 0.6 is 28.3 Å². The molecule has 0 bridgehead atoms. The summed E-state index contributed by atoms with van der Waals surface area (Å²) < 4.78 is 13.7. The van der Waals surface area contributed by atoms with Crippen molar-refractivity contribution in [2.45, 2.75) is 31.8 Å². The first-order valence-electron chi connectivity index (χ1n) is 6.07. The number of rotatable bonds is 2. The molecule has 1 saturated heterocycles. The first-order valence-corrected chi connectivity index (χ1v) is 6.86. The number of hydrogen-bond acceptors (Lipinski definition) is 2. The van der Waals surface area contributed by atoms with Crippen molar-refractivity contribution in [1.82, 2.24) is 10.6 Å². The molecule has 1 amide bonds. The van der Waals surface area contributed by atoms with E-state index in [-0.39, 0.29) is 30.4 Å². The average Bonchev–Trinajstić information content (AvgIpc) is 2.35. The number of benzene rings is 1. The van der Waals surface area contributed by atoms with Crippen LogP contribution in [0.5, 0.6) is 0 Å². The Morgan fingerprint density at radius 2 is 2.26 bits per heavy atom. The molecule has 6 heteroatoms. The van der Waals surface area contributed by atoms with E-state index < -0.39 is 5.82 Å². The van der Waals surface area contributed by atoms with Gasteiger partial charge in [-0.3, -0.25) is 4.79 Å². The standard InChI is InChI=1S/C13H16BrFN2O.ClH/c1-8-12(3-2-6-16-8)17-13(18)9-4-5-10(14)11(15)7-9;/h4-5,7-8,12,16H,2-3,6H2,1H3,(H,17,18);1H. The molecule has 1 heterocycles. The van der Waals surface area contributed by atoms with E-state index in [1.165, 1.54) is 6.07 Å². The average molecular weight is 352 g/mol. The first kappa shape index (κ1) is 16.4. The number of hydrogen-bond donors (Lipinski definition) is 2. The van der Waals surface area contributed by atoms with Gasteiger partial charge in [0.15, 0.2) is 0 Å². The van der Waals surface area contributed by atoms with E-state index in [1.54, 1.807) is 12.1 Å². The number of nitrogens with one attached hydrogen (secondary N) is 2. The molecule has 0 radical (unpaired) electrons. The van der Waals surface area contributed by atoms with E-state index in [9.17, 15) is 9.18 Å². The van der Waals surface area contributed by atoms with E-state index in [4.69, 9.17) is 0 Å². The fourth-order valence-corrected chi connectivity index (χ4v) is 2.38.